The Morgan fingerprint density at radius 2 is 2.06 bits per heavy atom. The van der Waals surface area contributed by atoms with Crippen LogP contribution in [0.1, 0.15) is 55.3 Å². The molecule has 18 heavy (non-hydrogen) atoms. The third-order valence-electron chi connectivity index (χ3n) is 2.67. The number of methoxy groups -OCH3 is 1. The zero-order valence-corrected chi connectivity index (χ0v) is 11.0. The fraction of sp³-hybridized carbons (Fsp3) is 0.636. The molecule has 7 heteroatoms. The number of primary amides is 1. The van der Waals surface area contributed by atoms with Crippen LogP contribution in [0.15, 0.2) is 0 Å². The van der Waals surface area contributed by atoms with Crippen LogP contribution in [0.2, 0.25) is 0 Å². The molecule has 1 unspecified atom stereocenters. The van der Waals surface area contributed by atoms with Crippen LogP contribution in [0.25, 0.3) is 0 Å². The molecule has 1 atom stereocenters. The molecular weight excluding hydrogens is 236 g/mol. The Morgan fingerprint density at radius 1 is 1.44 bits per heavy atom. The van der Waals surface area contributed by atoms with Crippen molar-refractivity contribution in [1.29, 1.82) is 0 Å². The molecular formula is C11H18N4O3. The molecule has 0 bridgehead atoms. The minimum atomic E-state index is -0.603. The van der Waals surface area contributed by atoms with Crippen molar-refractivity contribution < 1.29 is 14.3 Å². The molecule has 100 valence electrons. The van der Waals surface area contributed by atoms with E-state index >= 15 is 0 Å². The zero-order valence-electron chi connectivity index (χ0n) is 11.0. The molecule has 0 spiro atoms. The first kappa shape index (κ1) is 14.1. The smallest absolute Gasteiger partial charge is 0.360 e. The van der Waals surface area contributed by atoms with Gasteiger partial charge in [-0.2, -0.15) is 0 Å². The largest absolute Gasteiger partial charge is 0.464 e. The number of hydrogen-bond donors (Lipinski definition) is 1. The van der Waals surface area contributed by atoms with E-state index in [-0.39, 0.29) is 11.6 Å². The van der Waals surface area contributed by atoms with Crippen molar-refractivity contribution in [2.75, 3.05) is 7.11 Å². The standard InChI is InChI=1S/C11H18N4O3/c1-5-7(10(12)16)15-9(6(2)3)8(13-14-15)11(17)18-4/h6-7H,5H2,1-4H3,(H2,12,16). The molecule has 2 N–H and O–H groups in total. The van der Waals surface area contributed by atoms with E-state index in [0.29, 0.717) is 12.1 Å². The number of carbonyl (C=O) groups excluding carboxylic acids is 2. The topological polar surface area (TPSA) is 100 Å². The average molecular weight is 254 g/mol. The third-order valence-corrected chi connectivity index (χ3v) is 2.67. The zero-order chi connectivity index (χ0) is 13.9. The van der Waals surface area contributed by atoms with Crippen molar-refractivity contribution in [2.24, 2.45) is 5.73 Å². The van der Waals surface area contributed by atoms with Crippen LogP contribution in [0.3, 0.4) is 0 Å². The lowest BCUT2D eigenvalue weighted by Gasteiger charge is -2.16. The number of hydrogen-bond acceptors (Lipinski definition) is 5. The summed E-state index contributed by atoms with van der Waals surface area (Å²) in [7, 11) is 1.27. The summed E-state index contributed by atoms with van der Waals surface area (Å²) in [5, 5.41) is 7.65. The second-order valence-electron chi connectivity index (χ2n) is 4.24. The summed E-state index contributed by atoms with van der Waals surface area (Å²) in [5.41, 5.74) is 6.02. The number of rotatable bonds is 5. The molecule has 1 heterocycles. The van der Waals surface area contributed by atoms with E-state index in [1.165, 1.54) is 11.8 Å². The highest BCUT2D eigenvalue weighted by molar-refractivity contribution is 5.88. The second-order valence-corrected chi connectivity index (χ2v) is 4.24. The van der Waals surface area contributed by atoms with Crippen LogP contribution in [0.4, 0.5) is 0 Å². The Kier molecular flexibility index (Phi) is 4.41. The van der Waals surface area contributed by atoms with Gasteiger partial charge in [-0.3, -0.25) is 4.79 Å². The molecule has 0 saturated heterocycles. The molecule has 7 nitrogen and oxygen atoms in total. The Morgan fingerprint density at radius 3 is 2.44 bits per heavy atom. The first-order chi connectivity index (χ1) is 8.43. The van der Waals surface area contributed by atoms with Gasteiger partial charge in [0.1, 0.15) is 6.04 Å². The van der Waals surface area contributed by atoms with E-state index in [9.17, 15) is 9.59 Å². The van der Waals surface area contributed by atoms with Crippen molar-refractivity contribution in [1.82, 2.24) is 15.0 Å². The van der Waals surface area contributed by atoms with E-state index in [4.69, 9.17) is 5.73 Å². The quantitative estimate of drug-likeness (QED) is 0.776. The van der Waals surface area contributed by atoms with Crippen LogP contribution in [-0.4, -0.2) is 34.0 Å². The van der Waals surface area contributed by atoms with Crippen molar-refractivity contribution in [3.8, 4) is 0 Å². The van der Waals surface area contributed by atoms with Crippen LogP contribution >= 0.6 is 0 Å². The van der Waals surface area contributed by atoms with Crippen LogP contribution in [0.5, 0.6) is 0 Å². The summed E-state index contributed by atoms with van der Waals surface area (Å²) in [4.78, 5) is 23.0. The first-order valence-corrected chi connectivity index (χ1v) is 5.76. The van der Waals surface area contributed by atoms with Crippen molar-refractivity contribution in [3.05, 3.63) is 11.4 Å². The van der Waals surface area contributed by atoms with Crippen molar-refractivity contribution in [2.45, 2.75) is 39.2 Å². The molecule has 0 aliphatic carbocycles. The average Bonchev–Trinajstić information content (AvgIpc) is 2.73. The normalized spacial score (nSPS) is 12.5. The van der Waals surface area contributed by atoms with Gasteiger partial charge >= 0.3 is 5.97 Å². The van der Waals surface area contributed by atoms with Gasteiger partial charge in [-0.15, -0.1) is 5.10 Å². The molecule has 1 aromatic heterocycles. The molecule has 0 saturated carbocycles. The van der Waals surface area contributed by atoms with Gasteiger partial charge in [0.05, 0.1) is 12.8 Å². The number of aromatic nitrogens is 3. The molecule has 0 aromatic carbocycles. The lowest BCUT2D eigenvalue weighted by atomic mass is 10.1. The van der Waals surface area contributed by atoms with Gasteiger partial charge in [0.15, 0.2) is 5.69 Å². The SMILES string of the molecule is CCC(C(N)=O)n1nnc(C(=O)OC)c1C(C)C. The van der Waals surface area contributed by atoms with E-state index in [2.05, 4.69) is 15.0 Å². The van der Waals surface area contributed by atoms with Gasteiger partial charge < -0.3 is 10.5 Å². The van der Waals surface area contributed by atoms with E-state index < -0.39 is 17.9 Å². The van der Waals surface area contributed by atoms with Crippen molar-refractivity contribution >= 4 is 11.9 Å². The first-order valence-electron chi connectivity index (χ1n) is 5.76. The van der Waals surface area contributed by atoms with E-state index in [1.807, 2.05) is 20.8 Å². The summed E-state index contributed by atoms with van der Waals surface area (Å²) in [6.45, 7) is 5.59. The highest BCUT2D eigenvalue weighted by Crippen LogP contribution is 2.23. The third kappa shape index (κ3) is 2.49. The Labute approximate surface area is 105 Å². The van der Waals surface area contributed by atoms with E-state index in [1.54, 1.807) is 0 Å². The highest BCUT2D eigenvalue weighted by atomic mass is 16.5. The maximum Gasteiger partial charge on any atom is 0.360 e. The number of nitrogens with zero attached hydrogens (tertiary/aromatic N) is 3. The van der Waals surface area contributed by atoms with Gasteiger partial charge in [-0.1, -0.05) is 26.0 Å². The molecule has 0 aliphatic rings. The summed E-state index contributed by atoms with van der Waals surface area (Å²) < 4.78 is 6.06. The monoisotopic (exact) mass is 254 g/mol. The van der Waals surface area contributed by atoms with Gasteiger partial charge in [-0.05, 0) is 12.3 Å². The fourth-order valence-electron chi connectivity index (χ4n) is 1.81. The highest BCUT2D eigenvalue weighted by Gasteiger charge is 2.28. The van der Waals surface area contributed by atoms with Crippen LogP contribution in [0, 0.1) is 0 Å². The summed E-state index contributed by atoms with van der Waals surface area (Å²) in [5.74, 6) is -1.09. The minimum absolute atomic E-state index is 0.0255. The number of amides is 1. The maximum atomic E-state index is 11.6. The number of carbonyl (C=O) groups is 2. The predicted octanol–water partition coefficient (Wildman–Crippen LogP) is 0.624. The molecule has 1 rings (SSSR count). The molecule has 0 fully saturated rings. The summed E-state index contributed by atoms with van der Waals surface area (Å²) >= 11 is 0. The van der Waals surface area contributed by atoms with Crippen molar-refractivity contribution in [3.63, 3.8) is 0 Å². The Bertz CT molecular complexity index is 453. The molecule has 1 aromatic rings. The Balaban J connectivity index is 3.33. The second kappa shape index (κ2) is 5.61. The van der Waals surface area contributed by atoms with Gasteiger partial charge in [0.2, 0.25) is 5.91 Å². The molecule has 1 amide bonds. The fourth-order valence-corrected chi connectivity index (χ4v) is 1.81. The lowest BCUT2D eigenvalue weighted by Crippen LogP contribution is -2.28. The number of nitrogens with two attached hydrogens (primary N) is 1. The summed E-state index contributed by atoms with van der Waals surface area (Å²) in [6, 6.07) is -0.603. The molecule has 0 aliphatic heterocycles. The van der Waals surface area contributed by atoms with Crippen LogP contribution < -0.4 is 5.73 Å². The van der Waals surface area contributed by atoms with E-state index in [0.717, 1.165) is 0 Å². The summed E-state index contributed by atoms with van der Waals surface area (Å²) in [6.07, 6.45) is 0.485. The minimum Gasteiger partial charge on any atom is -0.464 e. The van der Waals surface area contributed by atoms with Crippen LogP contribution in [-0.2, 0) is 9.53 Å². The van der Waals surface area contributed by atoms with Gasteiger partial charge in [0.25, 0.3) is 0 Å². The predicted molar refractivity (Wildman–Crippen MR) is 64.0 cm³/mol. The lowest BCUT2D eigenvalue weighted by molar-refractivity contribution is -0.121. The molecule has 0 radical (unpaired) electrons. The van der Waals surface area contributed by atoms with Gasteiger partial charge in [0, 0.05) is 0 Å². The Hall–Kier alpha value is -1.92. The number of ether oxygens (including phenoxy) is 1. The number of esters is 1. The maximum absolute atomic E-state index is 11.6. The van der Waals surface area contributed by atoms with Gasteiger partial charge in [-0.25, -0.2) is 9.48 Å².